The summed E-state index contributed by atoms with van der Waals surface area (Å²) >= 11 is 5.30. The highest BCUT2D eigenvalue weighted by atomic mass is 35.5. The predicted octanol–water partition coefficient (Wildman–Crippen LogP) is 2.65. The average Bonchev–Trinajstić information content (AvgIpc) is 1.97. The molecule has 3 N–H and O–H groups in total. The van der Waals surface area contributed by atoms with Crippen molar-refractivity contribution in [1.29, 1.82) is 0 Å². The Balaban J connectivity index is 3.29. The topological polar surface area (TPSA) is 46.2 Å². The number of anilines is 1. The summed E-state index contributed by atoms with van der Waals surface area (Å²) in [5, 5.41) is 8.56. The van der Waals surface area contributed by atoms with Crippen molar-refractivity contribution in [3.05, 3.63) is 22.7 Å². The lowest BCUT2D eigenvalue weighted by atomic mass is 10.2. The van der Waals surface area contributed by atoms with Crippen LogP contribution in [0.4, 0.5) is 18.9 Å². The molecule has 0 unspecified atom stereocenters. The van der Waals surface area contributed by atoms with Crippen molar-refractivity contribution < 1.29 is 18.3 Å². The second-order valence-corrected chi connectivity index (χ2v) is 2.80. The van der Waals surface area contributed by atoms with Crippen molar-refractivity contribution in [3.63, 3.8) is 0 Å². The zero-order valence-electron chi connectivity index (χ0n) is 6.19. The van der Waals surface area contributed by atoms with E-state index in [1.165, 1.54) is 0 Å². The molecule has 2 nitrogen and oxygen atoms in total. The van der Waals surface area contributed by atoms with Crippen molar-refractivity contribution in [2.24, 2.45) is 0 Å². The molecule has 0 saturated heterocycles. The number of halogens is 4. The molecule has 0 aliphatic carbocycles. The number of rotatable bonds is 0. The monoisotopic (exact) mass is 211 g/mol. The largest absolute Gasteiger partial charge is 0.504 e. The SMILES string of the molecule is Nc1cc(C(F)(F)F)cc(Cl)c1O. The highest BCUT2D eigenvalue weighted by molar-refractivity contribution is 6.32. The molecule has 0 spiro atoms. The molecular weight excluding hydrogens is 207 g/mol. The Kier molecular flexibility index (Phi) is 2.30. The fourth-order valence-corrected chi connectivity index (χ4v) is 1.01. The van der Waals surface area contributed by atoms with Gasteiger partial charge in [0.15, 0.2) is 5.75 Å². The lowest BCUT2D eigenvalue weighted by molar-refractivity contribution is -0.137. The molecule has 0 aliphatic heterocycles. The van der Waals surface area contributed by atoms with Gasteiger partial charge in [-0.2, -0.15) is 13.2 Å². The van der Waals surface area contributed by atoms with Crippen LogP contribution in [0.15, 0.2) is 12.1 Å². The zero-order valence-corrected chi connectivity index (χ0v) is 6.95. The molecule has 1 rings (SSSR count). The van der Waals surface area contributed by atoms with Crippen LogP contribution in [0.1, 0.15) is 5.56 Å². The molecule has 0 aromatic heterocycles. The third-order valence-corrected chi connectivity index (χ3v) is 1.71. The summed E-state index contributed by atoms with van der Waals surface area (Å²) in [6, 6.07) is 1.24. The number of nitrogens with two attached hydrogens (primary N) is 1. The highest BCUT2D eigenvalue weighted by Gasteiger charge is 2.31. The standard InChI is InChI=1S/C7H5ClF3NO/c8-4-1-3(7(9,10)11)2-5(12)6(4)13/h1-2,13H,12H2. The molecule has 13 heavy (non-hydrogen) atoms. The van der Waals surface area contributed by atoms with Crippen LogP contribution in [0.2, 0.25) is 5.02 Å². The average molecular weight is 212 g/mol. The molecule has 0 radical (unpaired) electrons. The fraction of sp³-hybridized carbons (Fsp3) is 0.143. The number of phenols is 1. The lowest BCUT2D eigenvalue weighted by Crippen LogP contribution is -2.05. The molecule has 0 atom stereocenters. The number of alkyl halides is 3. The van der Waals surface area contributed by atoms with Crippen LogP contribution in [0.5, 0.6) is 5.75 Å². The summed E-state index contributed by atoms with van der Waals surface area (Å²) < 4.78 is 36.3. The van der Waals surface area contributed by atoms with Gasteiger partial charge in [0.2, 0.25) is 0 Å². The smallest absolute Gasteiger partial charge is 0.416 e. The van der Waals surface area contributed by atoms with Gasteiger partial charge in [-0.25, -0.2) is 0 Å². The van der Waals surface area contributed by atoms with E-state index in [4.69, 9.17) is 22.4 Å². The molecule has 72 valence electrons. The Morgan fingerprint density at radius 3 is 2.23 bits per heavy atom. The number of aromatic hydroxyl groups is 1. The van der Waals surface area contributed by atoms with Gasteiger partial charge in [-0.05, 0) is 12.1 Å². The lowest BCUT2D eigenvalue weighted by Gasteiger charge is -2.09. The molecule has 1 aromatic carbocycles. The van der Waals surface area contributed by atoms with Gasteiger partial charge in [-0.1, -0.05) is 11.6 Å². The zero-order chi connectivity index (χ0) is 10.2. The van der Waals surface area contributed by atoms with E-state index in [0.717, 1.165) is 0 Å². The molecule has 0 saturated carbocycles. The van der Waals surface area contributed by atoms with Crippen molar-refractivity contribution in [1.82, 2.24) is 0 Å². The number of hydrogen-bond acceptors (Lipinski definition) is 2. The van der Waals surface area contributed by atoms with Gasteiger partial charge in [0, 0.05) is 0 Å². The van der Waals surface area contributed by atoms with Crippen LogP contribution in [-0.2, 0) is 6.18 Å². The fourth-order valence-electron chi connectivity index (χ4n) is 0.784. The quantitative estimate of drug-likeness (QED) is 0.512. The minimum atomic E-state index is -4.51. The van der Waals surface area contributed by atoms with Gasteiger partial charge in [-0.15, -0.1) is 0 Å². The van der Waals surface area contributed by atoms with Crippen molar-refractivity contribution in [2.75, 3.05) is 5.73 Å². The molecule has 0 heterocycles. The number of nitrogen functional groups attached to an aromatic ring is 1. The highest BCUT2D eigenvalue weighted by Crippen LogP contribution is 2.37. The summed E-state index contributed by atoms with van der Waals surface area (Å²) in [7, 11) is 0. The van der Waals surface area contributed by atoms with E-state index >= 15 is 0 Å². The van der Waals surface area contributed by atoms with Gasteiger partial charge >= 0.3 is 6.18 Å². The van der Waals surface area contributed by atoms with Crippen LogP contribution in [0, 0.1) is 0 Å². The van der Waals surface area contributed by atoms with Gasteiger partial charge in [-0.3, -0.25) is 0 Å². The van der Waals surface area contributed by atoms with Gasteiger partial charge in [0.05, 0.1) is 16.3 Å². The normalized spacial score (nSPS) is 11.7. The third kappa shape index (κ3) is 1.98. The number of phenolic OH excluding ortho intramolecular Hbond substituents is 1. The van der Waals surface area contributed by atoms with E-state index < -0.39 is 22.5 Å². The Labute approximate surface area is 76.7 Å². The predicted molar refractivity (Wildman–Crippen MR) is 42.5 cm³/mol. The van der Waals surface area contributed by atoms with Crippen molar-refractivity contribution >= 4 is 17.3 Å². The first kappa shape index (κ1) is 9.98. The summed E-state index contributed by atoms with van der Waals surface area (Å²) in [6.07, 6.45) is -4.51. The molecule has 0 amide bonds. The summed E-state index contributed by atoms with van der Waals surface area (Å²) in [5.41, 5.74) is 3.72. The number of hydrogen-bond donors (Lipinski definition) is 2. The second kappa shape index (κ2) is 2.99. The molecule has 6 heteroatoms. The van der Waals surface area contributed by atoms with Gasteiger partial charge in [0.25, 0.3) is 0 Å². The molecular formula is C7H5ClF3NO. The Hall–Kier alpha value is -1.10. The minimum Gasteiger partial charge on any atom is -0.504 e. The van der Waals surface area contributed by atoms with E-state index in [1.54, 1.807) is 0 Å². The maximum Gasteiger partial charge on any atom is 0.416 e. The Morgan fingerprint density at radius 1 is 1.31 bits per heavy atom. The van der Waals surface area contributed by atoms with Crippen LogP contribution < -0.4 is 5.73 Å². The molecule has 1 aromatic rings. The van der Waals surface area contributed by atoms with Crippen LogP contribution in [-0.4, -0.2) is 5.11 Å². The first-order chi connectivity index (χ1) is 5.82. The van der Waals surface area contributed by atoms with E-state index in [-0.39, 0.29) is 5.69 Å². The van der Waals surface area contributed by atoms with Gasteiger partial charge < -0.3 is 10.8 Å². The summed E-state index contributed by atoms with van der Waals surface area (Å²) in [5.74, 6) is -0.533. The van der Waals surface area contributed by atoms with E-state index in [0.29, 0.717) is 12.1 Å². The van der Waals surface area contributed by atoms with E-state index in [9.17, 15) is 13.2 Å². The van der Waals surface area contributed by atoms with Crippen LogP contribution in [0.25, 0.3) is 0 Å². The maximum atomic E-state index is 12.1. The van der Waals surface area contributed by atoms with Crippen molar-refractivity contribution in [2.45, 2.75) is 6.18 Å². The summed E-state index contributed by atoms with van der Waals surface area (Å²) in [4.78, 5) is 0. The minimum absolute atomic E-state index is 0.389. The van der Waals surface area contributed by atoms with E-state index in [2.05, 4.69) is 0 Å². The van der Waals surface area contributed by atoms with Crippen LogP contribution in [0.3, 0.4) is 0 Å². The Morgan fingerprint density at radius 2 is 1.85 bits per heavy atom. The second-order valence-electron chi connectivity index (χ2n) is 2.39. The first-order valence-electron chi connectivity index (χ1n) is 3.17. The molecule has 0 fully saturated rings. The van der Waals surface area contributed by atoms with Gasteiger partial charge in [0.1, 0.15) is 0 Å². The molecule has 0 bridgehead atoms. The summed E-state index contributed by atoms with van der Waals surface area (Å²) in [6.45, 7) is 0. The number of benzene rings is 1. The first-order valence-corrected chi connectivity index (χ1v) is 3.55. The third-order valence-electron chi connectivity index (χ3n) is 1.42. The maximum absolute atomic E-state index is 12.1. The Bertz CT molecular complexity index is 314. The van der Waals surface area contributed by atoms with Crippen molar-refractivity contribution in [3.8, 4) is 5.75 Å². The molecule has 0 aliphatic rings. The van der Waals surface area contributed by atoms with E-state index in [1.807, 2.05) is 0 Å². The van der Waals surface area contributed by atoms with Crippen LogP contribution >= 0.6 is 11.6 Å².